The van der Waals surface area contributed by atoms with Gasteiger partial charge in [-0.05, 0) is 39.3 Å². The predicted octanol–water partition coefficient (Wildman–Crippen LogP) is 2.39. The van der Waals surface area contributed by atoms with Crippen LogP contribution >= 0.6 is 0 Å². The second-order valence-electron chi connectivity index (χ2n) is 5.29. The zero-order valence-corrected chi connectivity index (χ0v) is 13.4. The highest BCUT2D eigenvalue weighted by molar-refractivity contribution is 7.84. The number of carbonyl (C=O) groups is 1. The van der Waals surface area contributed by atoms with E-state index in [1.807, 2.05) is 45.0 Å². The Morgan fingerprint density at radius 2 is 1.90 bits per heavy atom. The lowest BCUT2D eigenvalue weighted by atomic mass is 10.1. The molecule has 0 heterocycles. The number of para-hydroxylation sites is 1. The average molecular weight is 296 g/mol. The van der Waals surface area contributed by atoms with Crippen molar-refractivity contribution in [3.63, 3.8) is 0 Å². The van der Waals surface area contributed by atoms with Crippen molar-refractivity contribution in [1.82, 2.24) is 5.32 Å². The van der Waals surface area contributed by atoms with E-state index in [1.54, 1.807) is 6.26 Å². The monoisotopic (exact) mass is 296 g/mol. The second-order valence-corrected chi connectivity index (χ2v) is 6.84. The molecule has 0 radical (unpaired) electrons. The molecule has 0 saturated heterocycles. The summed E-state index contributed by atoms with van der Waals surface area (Å²) in [5, 5.41) is 6.22. The zero-order valence-electron chi connectivity index (χ0n) is 12.6. The molecule has 4 nitrogen and oxygen atoms in total. The first kappa shape index (κ1) is 16.7. The van der Waals surface area contributed by atoms with Gasteiger partial charge in [-0.15, -0.1) is 0 Å². The lowest BCUT2D eigenvalue weighted by Gasteiger charge is -2.17. The van der Waals surface area contributed by atoms with Crippen molar-refractivity contribution in [2.24, 2.45) is 0 Å². The molecule has 2 N–H and O–H groups in total. The smallest absolute Gasteiger partial charge is 0.253 e. The Kier molecular flexibility index (Phi) is 6.71. The lowest BCUT2D eigenvalue weighted by Crippen LogP contribution is -2.34. The number of hydrogen-bond donors (Lipinski definition) is 2. The molecule has 112 valence electrons. The number of amides is 1. The Hall–Kier alpha value is -1.36. The topological polar surface area (TPSA) is 58.2 Å². The molecule has 0 bridgehead atoms. The molecule has 1 amide bonds. The Morgan fingerprint density at radius 3 is 2.50 bits per heavy atom. The first-order chi connectivity index (χ1) is 9.40. The minimum absolute atomic E-state index is 0.0125. The highest BCUT2D eigenvalue weighted by Crippen LogP contribution is 2.16. The van der Waals surface area contributed by atoms with Gasteiger partial charge in [0, 0.05) is 40.6 Å². The first-order valence-corrected chi connectivity index (χ1v) is 8.59. The van der Waals surface area contributed by atoms with E-state index in [-0.39, 0.29) is 18.0 Å². The van der Waals surface area contributed by atoms with Crippen LogP contribution in [-0.4, -0.2) is 34.2 Å². The van der Waals surface area contributed by atoms with Crippen molar-refractivity contribution in [1.29, 1.82) is 0 Å². The van der Waals surface area contributed by atoms with Crippen LogP contribution in [0, 0.1) is 0 Å². The van der Waals surface area contributed by atoms with Crippen molar-refractivity contribution in [2.45, 2.75) is 39.3 Å². The lowest BCUT2D eigenvalue weighted by molar-refractivity contribution is 0.0940. The first-order valence-electron chi connectivity index (χ1n) is 6.86. The summed E-state index contributed by atoms with van der Waals surface area (Å²) in [6, 6.07) is 7.75. The molecule has 0 fully saturated rings. The van der Waals surface area contributed by atoms with Crippen LogP contribution in [0.25, 0.3) is 0 Å². The predicted molar refractivity (Wildman–Crippen MR) is 85.7 cm³/mol. The summed E-state index contributed by atoms with van der Waals surface area (Å²) in [6.45, 7) is 6.00. The number of anilines is 1. The molecule has 0 aliphatic heterocycles. The van der Waals surface area contributed by atoms with Gasteiger partial charge in [-0.2, -0.15) is 0 Å². The summed E-state index contributed by atoms with van der Waals surface area (Å²) in [5.41, 5.74) is 1.48. The third-order valence-electron chi connectivity index (χ3n) is 2.83. The van der Waals surface area contributed by atoms with Gasteiger partial charge in [0.15, 0.2) is 0 Å². The third-order valence-corrected chi connectivity index (χ3v) is 3.64. The van der Waals surface area contributed by atoms with E-state index >= 15 is 0 Å². The average Bonchev–Trinajstić information content (AvgIpc) is 2.36. The van der Waals surface area contributed by atoms with E-state index in [1.165, 1.54) is 0 Å². The number of rotatable bonds is 7. The van der Waals surface area contributed by atoms with Crippen LogP contribution in [-0.2, 0) is 10.8 Å². The fourth-order valence-electron chi connectivity index (χ4n) is 1.83. The highest BCUT2D eigenvalue weighted by Gasteiger charge is 2.14. The Balaban J connectivity index is 2.69. The van der Waals surface area contributed by atoms with Gasteiger partial charge in [-0.3, -0.25) is 9.00 Å². The maximum absolute atomic E-state index is 12.3. The van der Waals surface area contributed by atoms with Gasteiger partial charge in [0.25, 0.3) is 5.91 Å². The van der Waals surface area contributed by atoms with Crippen LogP contribution in [0.5, 0.6) is 0 Å². The molecule has 1 rings (SSSR count). The normalized spacial score (nSPS) is 13.8. The molecule has 2 unspecified atom stereocenters. The van der Waals surface area contributed by atoms with E-state index < -0.39 is 10.8 Å². The van der Waals surface area contributed by atoms with Crippen LogP contribution in [0.2, 0.25) is 0 Å². The van der Waals surface area contributed by atoms with Crippen molar-refractivity contribution < 1.29 is 9.00 Å². The molecular formula is C15H24N2O2S. The van der Waals surface area contributed by atoms with Gasteiger partial charge < -0.3 is 10.6 Å². The molecule has 0 spiro atoms. The van der Waals surface area contributed by atoms with Crippen LogP contribution in [0.15, 0.2) is 24.3 Å². The molecule has 20 heavy (non-hydrogen) atoms. The van der Waals surface area contributed by atoms with E-state index in [2.05, 4.69) is 10.6 Å². The number of nitrogens with one attached hydrogen (secondary N) is 2. The molecule has 1 aromatic carbocycles. The van der Waals surface area contributed by atoms with Gasteiger partial charge in [0.1, 0.15) is 0 Å². The number of carbonyl (C=O) groups excluding carboxylic acids is 1. The summed E-state index contributed by atoms with van der Waals surface area (Å²) < 4.78 is 11.1. The minimum Gasteiger partial charge on any atom is -0.382 e. The number of hydrogen-bond acceptors (Lipinski definition) is 3. The molecule has 0 aromatic heterocycles. The molecular weight excluding hydrogens is 272 g/mol. The van der Waals surface area contributed by atoms with Crippen LogP contribution < -0.4 is 10.6 Å². The van der Waals surface area contributed by atoms with E-state index in [0.717, 1.165) is 5.69 Å². The van der Waals surface area contributed by atoms with Gasteiger partial charge in [-0.25, -0.2) is 0 Å². The van der Waals surface area contributed by atoms with Crippen molar-refractivity contribution in [3.8, 4) is 0 Å². The Labute approximate surface area is 123 Å². The minimum atomic E-state index is -0.821. The van der Waals surface area contributed by atoms with Gasteiger partial charge in [0.2, 0.25) is 0 Å². The standard InChI is InChI=1S/C15H24N2O2S/c1-11(2)16-14-8-6-5-7-13(14)15(18)17-12(3)9-10-20(4)19/h5-8,11-12,16H,9-10H2,1-4H3,(H,17,18). The zero-order chi connectivity index (χ0) is 15.1. The second kappa shape index (κ2) is 8.04. The molecule has 2 atom stereocenters. The molecule has 0 aliphatic rings. The third kappa shape index (κ3) is 5.74. The van der Waals surface area contributed by atoms with Crippen molar-refractivity contribution >= 4 is 22.4 Å². The maximum atomic E-state index is 12.3. The Bertz CT molecular complexity index is 475. The molecule has 0 saturated carbocycles. The maximum Gasteiger partial charge on any atom is 0.253 e. The summed E-state index contributed by atoms with van der Waals surface area (Å²) in [7, 11) is -0.821. The summed E-state index contributed by atoms with van der Waals surface area (Å²) in [4.78, 5) is 12.3. The molecule has 0 aliphatic carbocycles. The van der Waals surface area contributed by atoms with Gasteiger partial charge in [0.05, 0.1) is 5.56 Å². The van der Waals surface area contributed by atoms with Crippen molar-refractivity contribution in [3.05, 3.63) is 29.8 Å². The van der Waals surface area contributed by atoms with E-state index in [9.17, 15) is 9.00 Å². The SMILES string of the molecule is CC(C)Nc1ccccc1C(=O)NC(C)CCS(C)=O. The van der Waals surface area contributed by atoms with E-state index in [0.29, 0.717) is 17.7 Å². The summed E-state index contributed by atoms with van der Waals surface area (Å²) in [6.07, 6.45) is 2.39. The summed E-state index contributed by atoms with van der Waals surface area (Å²) >= 11 is 0. The fraction of sp³-hybridized carbons (Fsp3) is 0.533. The molecule has 5 heteroatoms. The fourth-order valence-corrected chi connectivity index (χ4v) is 2.52. The quantitative estimate of drug-likeness (QED) is 0.812. The largest absolute Gasteiger partial charge is 0.382 e. The van der Waals surface area contributed by atoms with Crippen LogP contribution in [0.1, 0.15) is 37.6 Å². The van der Waals surface area contributed by atoms with E-state index in [4.69, 9.17) is 0 Å². The molecule has 1 aromatic rings. The van der Waals surface area contributed by atoms with Crippen molar-refractivity contribution in [2.75, 3.05) is 17.3 Å². The number of benzene rings is 1. The highest BCUT2D eigenvalue weighted by atomic mass is 32.2. The Morgan fingerprint density at radius 1 is 1.25 bits per heavy atom. The van der Waals surface area contributed by atoms with Gasteiger partial charge in [-0.1, -0.05) is 12.1 Å². The summed E-state index contributed by atoms with van der Waals surface area (Å²) in [5.74, 6) is 0.510. The van der Waals surface area contributed by atoms with Gasteiger partial charge >= 0.3 is 0 Å². The van der Waals surface area contributed by atoms with Crippen LogP contribution in [0.3, 0.4) is 0 Å². The van der Waals surface area contributed by atoms with Crippen LogP contribution in [0.4, 0.5) is 5.69 Å².